The van der Waals surface area contributed by atoms with E-state index < -0.39 is 0 Å². The van der Waals surface area contributed by atoms with Gasteiger partial charge in [0.25, 0.3) is 0 Å². The minimum atomic E-state index is -0.135. The van der Waals surface area contributed by atoms with Gasteiger partial charge in [0.05, 0.1) is 5.92 Å². The Hall–Kier alpha value is -2.56. The number of carbonyl (C=O) groups excluding carboxylic acids is 1. The molecule has 0 spiro atoms. The number of rotatable bonds is 4. The van der Waals surface area contributed by atoms with Crippen LogP contribution in [-0.4, -0.2) is 30.6 Å². The molecule has 5 heteroatoms. The van der Waals surface area contributed by atoms with E-state index in [4.69, 9.17) is 4.74 Å². The van der Waals surface area contributed by atoms with Crippen molar-refractivity contribution < 1.29 is 9.53 Å². The van der Waals surface area contributed by atoms with Gasteiger partial charge in [-0.25, -0.2) is 4.98 Å². The summed E-state index contributed by atoms with van der Waals surface area (Å²) in [7, 11) is 0. The van der Waals surface area contributed by atoms with Crippen LogP contribution >= 0.6 is 0 Å². The fourth-order valence-corrected chi connectivity index (χ4v) is 3.84. The van der Waals surface area contributed by atoms with Crippen LogP contribution in [0, 0.1) is 5.92 Å². The zero-order valence-corrected chi connectivity index (χ0v) is 15.7. The average molecular weight is 365 g/mol. The molecule has 1 fully saturated rings. The van der Waals surface area contributed by atoms with E-state index in [-0.39, 0.29) is 11.8 Å². The fourth-order valence-electron chi connectivity index (χ4n) is 3.84. The summed E-state index contributed by atoms with van der Waals surface area (Å²) in [5, 5.41) is 3.04. The summed E-state index contributed by atoms with van der Waals surface area (Å²) in [4.78, 5) is 19.5. The van der Waals surface area contributed by atoms with Crippen molar-refractivity contribution in [3.8, 4) is 5.75 Å². The number of amides is 1. The van der Waals surface area contributed by atoms with E-state index in [1.54, 1.807) is 0 Å². The summed E-state index contributed by atoms with van der Waals surface area (Å²) in [5.41, 5.74) is 2.13. The summed E-state index contributed by atoms with van der Waals surface area (Å²) in [5.74, 6) is 1.85. The first-order chi connectivity index (χ1) is 13.3. The summed E-state index contributed by atoms with van der Waals surface area (Å²) in [6.45, 7) is 3.12. The molecule has 1 saturated heterocycles. The van der Waals surface area contributed by atoms with E-state index in [1.165, 1.54) is 25.7 Å². The Kier molecular flexibility index (Phi) is 5.56. The molecule has 2 aliphatic heterocycles. The highest BCUT2D eigenvalue weighted by atomic mass is 16.5. The Balaban J connectivity index is 1.30. The normalized spacial score (nSPS) is 19.6. The third-order valence-corrected chi connectivity index (χ3v) is 5.46. The second-order valence-corrected chi connectivity index (χ2v) is 7.46. The second kappa shape index (κ2) is 8.42. The summed E-state index contributed by atoms with van der Waals surface area (Å²) < 4.78 is 5.72. The van der Waals surface area contributed by atoms with Crippen molar-refractivity contribution in [2.75, 3.05) is 24.6 Å². The number of benzene rings is 1. The Morgan fingerprint density at radius 3 is 2.70 bits per heavy atom. The molecule has 5 nitrogen and oxygen atoms in total. The molecule has 27 heavy (non-hydrogen) atoms. The quantitative estimate of drug-likeness (QED) is 0.903. The number of anilines is 1. The van der Waals surface area contributed by atoms with E-state index in [9.17, 15) is 4.79 Å². The Labute approximate surface area is 160 Å². The minimum absolute atomic E-state index is 0.0427. The van der Waals surface area contributed by atoms with Gasteiger partial charge in [-0.2, -0.15) is 0 Å². The first kappa shape index (κ1) is 17.8. The smallest absolute Gasteiger partial charge is 0.227 e. The topological polar surface area (TPSA) is 54.5 Å². The highest BCUT2D eigenvalue weighted by Gasteiger charge is 2.25. The van der Waals surface area contributed by atoms with Crippen molar-refractivity contribution in [3.05, 3.63) is 53.7 Å². The van der Waals surface area contributed by atoms with Crippen molar-refractivity contribution >= 4 is 11.7 Å². The van der Waals surface area contributed by atoms with Crippen LogP contribution in [0.5, 0.6) is 5.75 Å². The number of fused-ring (bicyclic) bond motifs is 1. The number of carbonyl (C=O) groups is 1. The Morgan fingerprint density at radius 2 is 1.93 bits per heavy atom. The Bertz CT molecular complexity index is 767. The van der Waals surface area contributed by atoms with Crippen molar-refractivity contribution in [3.63, 3.8) is 0 Å². The lowest BCUT2D eigenvalue weighted by Crippen LogP contribution is -2.37. The lowest BCUT2D eigenvalue weighted by molar-refractivity contribution is -0.126. The van der Waals surface area contributed by atoms with Crippen LogP contribution < -0.4 is 15.0 Å². The molecule has 0 bridgehead atoms. The molecule has 1 unspecified atom stereocenters. The first-order valence-corrected chi connectivity index (χ1v) is 9.98. The third-order valence-electron chi connectivity index (χ3n) is 5.46. The molecule has 1 aromatic heterocycles. The number of para-hydroxylation sites is 1. The average Bonchev–Trinajstić information content (AvgIpc) is 3.01. The third kappa shape index (κ3) is 4.41. The maximum absolute atomic E-state index is 12.5. The van der Waals surface area contributed by atoms with Crippen LogP contribution in [-0.2, 0) is 17.8 Å². The molecule has 1 atom stereocenters. The predicted molar refractivity (Wildman–Crippen MR) is 106 cm³/mol. The molecule has 2 aromatic rings. The zero-order valence-electron chi connectivity index (χ0n) is 15.7. The van der Waals surface area contributed by atoms with Gasteiger partial charge in [-0.3, -0.25) is 4.79 Å². The van der Waals surface area contributed by atoms with Gasteiger partial charge in [0.15, 0.2) is 0 Å². The SMILES string of the molecule is O=C(NCc1ccc(N2CCCCCC2)nc1)C1COc2ccccc2C1. The summed E-state index contributed by atoms with van der Waals surface area (Å²) >= 11 is 0. The fraction of sp³-hybridized carbons (Fsp3) is 0.455. The van der Waals surface area contributed by atoms with Crippen LogP contribution in [0.3, 0.4) is 0 Å². The van der Waals surface area contributed by atoms with Crippen LogP contribution in [0.4, 0.5) is 5.82 Å². The van der Waals surface area contributed by atoms with E-state index in [2.05, 4.69) is 27.3 Å². The number of nitrogens with zero attached hydrogens (tertiary/aromatic N) is 2. The number of hydrogen-bond donors (Lipinski definition) is 1. The van der Waals surface area contributed by atoms with Crippen molar-refractivity contribution in [2.24, 2.45) is 5.92 Å². The molecule has 4 rings (SSSR count). The highest BCUT2D eigenvalue weighted by molar-refractivity contribution is 5.79. The van der Waals surface area contributed by atoms with Crippen molar-refractivity contribution in [1.82, 2.24) is 10.3 Å². The van der Waals surface area contributed by atoms with Crippen LogP contribution in [0.2, 0.25) is 0 Å². The van der Waals surface area contributed by atoms with E-state index in [0.29, 0.717) is 13.2 Å². The lowest BCUT2D eigenvalue weighted by Gasteiger charge is -2.24. The molecule has 3 heterocycles. The molecular weight excluding hydrogens is 338 g/mol. The van der Waals surface area contributed by atoms with Gasteiger partial charge < -0.3 is 15.0 Å². The van der Waals surface area contributed by atoms with Gasteiger partial charge in [0.2, 0.25) is 5.91 Å². The van der Waals surface area contributed by atoms with Gasteiger partial charge >= 0.3 is 0 Å². The highest BCUT2D eigenvalue weighted by Crippen LogP contribution is 2.26. The van der Waals surface area contributed by atoms with Gasteiger partial charge in [0, 0.05) is 25.8 Å². The predicted octanol–water partition coefficient (Wildman–Crippen LogP) is 3.33. The summed E-state index contributed by atoms with van der Waals surface area (Å²) in [6.07, 6.45) is 7.73. The zero-order chi connectivity index (χ0) is 18.5. The van der Waals surface area contributed by atoms with Crippen LogP contribution in [0.1, 0.15) is 36.8 Å². The largest absolute Gasteiger partial charge is 0.492 e. The number of nitrogens with one attached hydrogen (secondary N) is 1. The van der Waals surface area contributed by atoms with Crippen molar-refractivity contribution in [1.29, 1.82) is 0 Å². The molecule has 0 saturated carbocycles. The number of ether oxygens (including phenoxy) is 1. The number of hydrogen-bond acceptors (Lipinski definition) is 4. The van der Waals surface area contributed by atoms with E-state index in [1.807, 2.05) is 30.5 Å². The van der Waals surface area contributed by atoms with Gasteiger partial charge in [-0.05, 0) is 42.5 Å². The number of pyridine rings is 1. The molecular formula is C22H27N3O2. The van der Waals surface area contributed by atoms with Crippen LogP contribution in [0.15, 0.2) is 42.6 Å². The second-order valence-electron chi connectivity index (χ2n) is 7.46. The van der Waals surface area contributed by atoms with E-state index in [0.717, 1.165) is 42.2 Å². The molecule has 0 radical (unpaired) electrons. The maximum Gasteiger partial charge on any atom is 0.227 e. The molecule has 1 amide bonds. The first-order valence-electron chi connectivity index (χ1n) is 9.98. The molecule has 1 aromatic carbocycles. The van der Waals surface area contributed by atoms with E-state index >= 15 is 0 Å². The van der Waals surface area contributed by atoms with Gasteiger partial charge in [-0.15, -0.1) is 0 Å². The molecule has 2 aliphatic rings. The molecule has 1 N–H and O–H groups in total. The van der Waals surface area contributed by atoms with Gasteiger partial charge in [-0.1, -0.05) is 37.1 Å². The molecule has 142 valence electrons. The lowest BCUT2D eigenvalue weighted by atomic mass is 9.96. The summed E-state index contributed by atoms with van der Waals surface area (Å²) in [6, 6.07) is 12.1. The maximum atomic E-state index is 12.5. The van der Waals surface area contributed by atoms with Crippen molar-refractivity contribution in [2.45, 2.75) is 38.6 Å². The molecule has 0 aliphatic carbocycles. The minimum Gasteiger partial charge on any atom is -0.492 e. The number of aromatic nitrogens is 1. The standard InChI is InChI=1S/C22H27N3O2/c26-22(19-13-18-7-3-4-8-20(18)27-16-19)24-15-17-9-10-21(23-14-17)25-11-5-1-2-6-12-25/h3-4,7-10,14,19H,1-2,5-6,11-13,15-16H2,(H,24,26). The van der Waals surface area contributed by atoms with Gasteiger partial charge in [0.1, 0.15) is 18.2 Å². The monoisotopic (exact) mass is 365 g/mol. The Morgan fingerprint density at radius 1 is 1.11 bits per heavy atom. The van der Waals surface area contributed by atoms with Crippen LogP contribution in [0.25, 0.3) is 0 Å².